The normalized spacial score (nSPS) is 20.8. The van der Waals surface area contributed by atoms with Crippen LogP contribution >= 0.6 is 0 Å². The smallest absolute Gasteiger partial charge is 0.268 e. The van der Waals surface area contributed by atoms with Gasteiger partial charge in [0.1, 0.15) is 18.2 Å². The van der Waals surface area contributed by atoms with Crippen molar-refractivity contribution in [1.82, 2.24) is 9.88 Å². The molecule has 0 N–H and O–H groups in total. The Morgan fingerprint density at radius 2 is 1.94 bits per heavy atom. The van der Waals surface area contributed by atoms with Gasteiger partial charge in [0.05, 0.1) is 6.20 Å². The first-order valence-corrected chi connectivity index (χ1v) is 11.2. The van der Waals surface area contributed by atoms with Crippen molar-refractivity contribution in [2.24, 2.45) is 0 Å². The number of Topliss-reactive ketones (excluding diaryl/α,β-unsaturated/α-hetero) is 1. The maximum Gasteiger partial charge on any atom is 0.268 e. The van der Waals surface area contributed by atoms with Crippen molar-refractivity contribution in [3.8, 4) is 11.6 Å². The molecule has 8 heteroatoms. The van der Waals surface area contributed by atoms with E-state index in [0.29, 0.717) is 60.9 Å². The molecular weight excluding hydrogens is 413 g/mol. The highest BCUT2D eigenvalue weighted by molar-refractivity contribution is 6.04. The minimum Gasteiger partial charge on any atom is -0.479 e. The van der Waals surface area contributed by atoms with Crippen LogP contribution in [0.25, 0.3) is 0 Å². The quantitative estimate of drug-likeness (QED) is 0.661. The van der Waals surface area contributed by atoms with E-state index in [1.807, 2.05) is 0 Å². The number of nitrogens with zero attached hydrogens (tertiary/aromatic N) is 3. The molecule has 1 aromatic heterocycles. The van der Waals surface area contributed by atoms with Crippen LogP contribution in [0.5, 0.6) is 11.6 Å². The average Bonchev–Trinajstić information content (AvgIpc) is 3.52. The second kappa shape index (κ2) is 8.86. The van der Waals surface area contributed by atoms with E-state index in [4.69, 9.17) is 9.47 Å². The van der Waals surface area contributed by atoms with Crippen molar-refractivity contribution < 1.29 is 23.5 Å². The highest BCUT2D eigenvalue weighted by Crippen LogP contribution is 2.32. The lowest BCUT2D eigenvalue weighted by Gasteiger charge is -2.18. The zero-order valence-corrected chi connectivity index (χ0v) is 17.9. The van der Waals surface area contributed by atoms with E-state index in [1.165, 1.54) is 23.8 Å². The Bertz CT molecular complexity index is 1020. The maximum absolute atomic E-state index is 14.4. The first-order chi connectivity index (χ1) is 15.6. The van der Waals surface area contributed by atoms with Gasteiger partial charge in [0.15, 0.2) is 11.9 Å². The number of hydrogen-bond donors (Lipinski definition) is 0. The number of aromatic nitrogens is 1. The molecule has 0 bridgehead atoms. The summed E-state index contributed by atoms with van der Waals surface area (Å²) in [6, 6.07) is 6.44. The summed E-state index contributed by atoms with van der Waals surface area (Å²) >= 11 is 0. The molecule has 3 heterocycles. The Labute approximate surface area is 186 Å². The second-order valence-electron chi connectivity index (χ2n) is 8.49. The van der Waals surface area contributed by atoms with E-state index < -0.39 is 11.9 Å². The molecule has 1 aliphatic carbocycles. The third-order valence-corrected chi connectivity index (χ3v) is 6.39. The number of halogens is 1. The summed E-state index contributed by atoms with van der Waals surface area (Å²) in [6.07, 6.45) is 4.59. The SMILES string of the molecule is O=C1CCc2c(F)cc(N3CC[C@@H](Oc4ccc(OCCN5CCCC5)nc4)C3=O)cc21. The second-order valence-corrected chi connectivity index (χ2v) is 8.49. The van der Waals surface area contributed by atoms with Crippen molar-refractivity contribution in [3.63, 3.8) is 0 Å². The topological polar surface area (TPSA) is 72.0 Å². The summed E-state index contributed by atoms with van der Waals surface area (Å²) in [4.78, 5) is 33.0. The van der Waals surface area contributed by atoms with E-state index in [9.17, 15) is 14.0 Å². The summed E-state index contributed by atoms with van der Waals surface area (Å²) in [6.45, 7) is 4.14. The summed E-state index contributed by atoms with van der Waals surface area (Å²) < 4.78 is 26.0. The molecule has 2 saturated heterocycles. The van der Waals surface area contributed by atoms with Crippen LogP contribution in [0.3, 0.4) is 0 Å². The fourth-order valence-electron chi connectivity index (χ4n) is 4.65. The lowest BCUT2D eigenvalue weighted by molar-refractivity contribution is -0.122. The minimum absolute atomic E-state index is 0.0750. The Morgan fingerprint density at radius 1 is 1.09 bits per heavy atom. The number of carbonyl (C=O) groups excluding carboxylic acids is 2. The van der Waals surface area contributed by atoms with E-state index in [1.54, 1.807) is 24.4 Å². The molecule has 1 atom stereocenters. The lowest BCUT2D eigenvalue weighted by Crippen LogP contribution is -2.32. The predicted octanol–water partition coefficient (Wildman–Crippen LogP) is 3.01. The molecule has 0 saturated carbocycles. The highest BCUT2D eigenvalue weighted by atomic mass is 19.1. The van der Waals surface area contributed by atoms with Crippen molar-refractivity contribution in [1.29, 1.82) is 0 Å². The lowest BCUT2D eigenvalue weighted by atomic mass is 10.1. The van der Waals surface area contributed by atoms with Crippen LogP contribution in [0, 0.1) is 5.82 Å². The summed E-state index contributed by atoms with van der Waals surface area (Å²) in [5.41, 5.74) is 1.25. The summed E-state index contributed by atoms with van der Waals surface area (Å²) in [5, 5.41) is 0. The molecule has 32 heavy (non-hydrogen) atoms. The fourth-order valence-corrected chi connectivity index (χ4v) is 4.65. The average molecular weight is 439 g/mol. The number of rotatable bonds is 7. The molecule has 2 aromatic rings. The van der Waals surface area contributed by atoms with E-state index >= 15 is 0 Å². The van der Waals surface area contributed by atoms with Gasteiger partial charge < -0.3 is 14.4 Å². The Morgan fingerprint density at radius 3 is 2.72 bits per heavy atom. The van der Waals surface area contributed by atoms with E-state index in [0.717, 1.165) is 19.6 Å². The maximum atomic E-state index is 14.4. The van der Waals surface area contributed by atoms with Gasteiger partial charge in [-0.25, -0.2) is 9.37 Å². The summed E-state index contributed by atoms with van der Waals surface area (Å²) in [5.74, 6) is 0.251. The third-order valence-electron chi connectivity index (χ3n) is 6.39. The van der Waals surface area contributed by atoms with Crippen molar-refractivity contribution >= 4 is 17.4 Å². The van der Waals surface area contributed by atoms with Gasteiger partial charge in [-0.1, -0.05) is 0 Å². The van der Waals surface area contributed by atoms with Gasteiger partial charge in [0, 0.05) is 43.2 Å². The number of pyridine rings is 1. The van der Waals surface area contributed by atoms with Crippen LogP contribution < -0.4 is 14.4 Å². The zero-order valence-electron chi connectivity index (χ0n) is 17.9. The number of fused-ring (bicyclic) bond motifs is 1. The minimum atomic E-state index is -0.675. The predicted molar refractivity (Wildman–Crippen MR) is 116 cm³/mol. The van der Waals surface area contributed by atoms with Gasteiger partial charge in [-0.3, -0.25) is 14.5 Å². The molecule has 3 aliphatic rings. The van der Waals surface area contributed by atoms with Gasteiger partial charge in [-0.15, -0.1) is 0 Å². The Kier molecular flexibility index (Phi) is 5.78. The molecule has 1 aromatic carbocycles. The number of likely N-dealkylation sites (tertiary alicyclic amines) is 1. The molecule has 168 valence electrons. The molecule has 1 amide bonds. The van der Waals surface area contributed by atoms with Gasteiger partial charge in [-0.2, -0.15) is 0 Å². The number of ketones is 1. The molecule has 2 aliphatic heterocycles. The van der Waals surface area contributed by atoms with Crippen LogP contribution in [0.4, 0.5) is 10.1 Å². The van der Waals surface area contributed by atoms with Crippen LogP contribution in [-0.2, 0) is 11.2 Å². The van der Waals surface area contributed by atoms with Crippen molar-refractivity contribution in [2.45, 2.75) is 38.2 Å². The number of hydrogen-bond acceptors (Lipinski definition) is 6. The summed E-state index contributed by atoms with van der Waals surface area (Å²) in [7, 11) is 0. The van der Waals surface area contributed by atoms with Crippen LogP contribution in [0.15, 0.2) is 30.5 Å². The van der Waals surface area contributed by atoms with Gasteiger partial charge in [0.2, 0.25) is 5.88 Å². The number of ether oxygens (including phenoxy) is 2. The molecule has 7 nitrogen and oxygen atoms in total. The van der Waals surface area contributed by atoms with Gasteiger partial charge in [-0.05, 0) is 56.1 Å². The number of benzene rings is 1. The molecule has 2 fully saturated rings. The zero-order chi connectivity index (χ0) is 22.1. The van der Waals surface area contributed by atoms with E-state index in [-0.39, 0.29) is 11.7 Å². The first kappa shape index (κ1) is 20.9. The largest absolute Gasteiger partial charge is 0.479 e. The molecule has 0 spiro atoms. The van der Waals surface area contributed by atoms with Gasteiger partial charge in [0.25, 0.3) is 5.91 Å². The van der Waals surface area contributed by atoms with E-state index in [2.05, 4.69) is 9.88 Å². The fraction of sp³-hybridized carbons (Fsp3) is 0.458. The van der Waals surface area contributed by atoms with Crippen molar-refractivity contribution in [2.75, 3.05) is 37.7 Å². The Balaban J connectivity index is 1.18. The first-order valence-electron chi connectivity index (χ1n) is 11.2. The van der Waals surface area contributed by atoms with Crippen LogP contribution in [0.2, 0.25) is 0 Å². The monoisotopic (exact) mass is 439 g/mol. The Hall–Kier alpha value is -3.00. The molecular formula is C24H26FN3O4. The number of anilines is 1. The van der Waals surface area contributed by atoms with Gasteiger partial charge >= 0.3 is 0 Å². The standard InChI is InChI=1S/C24H26FN3O4/c25-20-14-16(13-19-18(20)4-5-21(19)29)28-10-7-22(24(28)30)32-17-3-6-23(26-15-17)31-12-11-27-8-1-2-9-27/h3,6,13-15,22H,1-2,4-5,7-12H2/t22-/m1/s1. The van der Waals surface area contributed by atoms with Crippen molar-refractivity contribution in [3.05, 3.63) is 47.4 Å². The number of amides is 1. The third kappa shape index (κ3) is 4.19. The van der Waals surface area contributed by atoms with Crippen LogP contribution in [-0.4, -0.2) is 60.5 Å². The highest BCUT2D eigenvalue weighted by Gasteiger charge is 2.36. The molecule has 0 radical (unpaired) electrons. The molecule has 5 rings (SSSR count). The molecule has 0 unspecified atom stereocenters. The van der Waals surface area contributed by atoms with Crippen LogP contribution in [0.1, 0.15) is 41.6 Å². The number of carbonyl (C=O) groups is 2.